The van der Waals surface area contributed by atoms with Crippen molar-refractivity contribution in [3.05, 3.63) is 226 Å². The molecule has 8 rings (SSSR count). The van der Waals surface area contributed by atoms with Crippen molar-refractivity contribution in [1.29, 1.82) is 0 Å². The highest BCUT2D eigenvalue weighted by molar-refractivity contribution is 8.34. The van der Waals surface area contributed by atoms with Gasteiger partial charge >= 0.3 is 0 Å². The molecule has 0 amide bonds. The maximum absolute atomic E-state index is 8.05. The number of anilines is 6. The van der Waals surface area contributed by atoms with Crippen LogP contribution in [0.4, 0.5) is 34.1 Å². The molecule has 0 aromatic heterocycles. The van der Waals surface area contributed by atoms with Crippen LogP contribution in [0.3, 0.4) is 0 Å². The second-order valence-corrected chi connectivity index (χ2v) is 24.6. The Morgan fingerprint density at radius 2 is 0.731 bits per heavy atom. The highest BCUT2D eigenvalue weighted by Crippen LogP contribution is 2.74. The Bertz CT molecular complexity index is 2810. The summed E-state index contributed by atoms with van der Waals surface area (Å²) in [7, 11) is 11.7. The van der Waals surface area contributed by atoms with Crippen LogP contribution in [0.5, 0.6) is 0 Å². The lowest BCUT2D eigenvalue weighted by molar-refractivity contribution is 0.590. The molecule has 330 valence electrons. The summed E-state index contributed by atoms with van der Waals surface area (Å²) in [5.74, 6) is 0. The molecule has 0 saturated heterocycles. The number of benzene rings is 8. The predicted molar refractivity (Wildman–Crippen MR) is 308 cm³/mol. The van der Waals surface area contributed by atoms with Crippen molar-refractivity contribution in [2.75, 3.05) is 9.80 Å². The number of hydrogen-bond acceptors (Lipinski definition) is 2. The van der Waals surface area contributed by atoms with Crippen LogP contribution < -0.4 is 9.80 Å². The standard InChI is InChI=1S/C57H61B6ClN2S/c1-38-34-51(65(44-30-24-42(25-31-44)56(58,59)60)45-32-26-43(27-33-45)57(61,62)63)53(64)52(35-38)66(46-28-22-41(23-29-46)55(4,5)6)54-39(2)36-50(37-40(54)3)67(47-16-10-7-11-17-47,48-18-12-8-13-19-48)49-20-14-9-15-21-49/h7-37H,58-63H2,1-6H3. The fraction of sp³-hybridized carbons (Fsp3) is 0.158. The zero-order valence-corrected chi connectivity index (χ0v) is 43.2. The molecule has 0 saturated carbocycles. The molecule has 0 radical (unpaired) electrons. The Labute approximate surface area is 413 Å². The highest BCUT2D eigenvalue weighted by Gasteiger charge is 2.35. The van der Waals surface area contributed by atoms with Crippen molar-refractivity contribution in [1.82, 2.24) is 0 Å². The maximum atomic E-state index is 8.05. The Hall–Kier alpha value is -5.61. The Morgan fingerprint density at radius 3 is 1.07 bits per heavy atom. The first kappa shape index (κ1) is 47.9. The van der Waals surface area contributed by atoms with Crippen molar-refractivity contribution in [3.63, 3.8) is 0 Å². The van der Waals surface area contributed by atoms with Gasteiger partial charge in [-0.2, -0.15) is 0 Å². The van der Waals surface area contributed by atoms with Crippen LogP contribution >= 0.6 is 21.6 Å². The van der Waals surface area contributed by atoms with E-state index in [0.29, 0.717) is 5.02 Å². The molecule has 0 bridgehead atoms. The van der Waals surface area contributed by atoms with E-state index >= 15 is 0 Å². The van der Waals surface area contributed by atoms with Gasteiger partial charge in [-0.1, -0.05) is 145 Å². The van der Waals surface area contributed by atoms with E-state index < -0.39 is 10.0 Å². The quantitative estimate of drug-likeness (QED) is 0.113. The van der Waals surface area contributed by atoms with E-state index in [1.54, 1.807) is 0 Å². The SMILES string of the molecule is BC(B)(B)c1ccc(N(c2ccc(C(B)(B)B)cc2)c2cc(C)cc(N(c3ccc(C(C)(C)C)cc3)c3c(C)cc(S(c4ccccc4)(c4ccccc4)c4ccccc4)cc3C)c2Cl)cc1. The number of aryl methyl sites for hydroxylation is 3. The third-order valence-electron chi connectivity index (χ3n) is 13.0. The van der Waals surface area contributed by atoms with Gasteiger partial charge in [0, 0.05) is 36.6 Å². The average Bonchev–Trinajstić information content (AvgIpc) is 3.30. The summed E-state index contributed by atoms with van der Waals surface area (Å²) < 4.78 is 0. The van der Waals surface area contributed by atoms with Crippen LogP contribution in [-0.4, -0.2) is 47.1 Å². The van der Waals surface area contributed by atoms with Gasteiger partial charge in [-0.3, -0.25) is 0 Å². The van der Waals surface area contributed by atoms with Gasteiger partial charge in [-0.05, 0) is 146 Å². The first-order chi connectivity index (χ1) is 31.8. The monoisotopic (exact) mass is 906 g/mol. The fourth-order valence-corrected chi connectivity index (χ4v) is 13.7. The van der Waals surface area contributed by atoms with E-state index in [1.807, 2.05) is 0 Å². The molecule has 0 aliphatic rings. The van der Waals surface area contributed by atoms with E-state index in [9.17, 15) is 0 Å². The van der Waals surface area contributed by atoms with Crippen molar-refractivity contribution in [2.24, 2.45) is 0 Å². The Morgan fingerprint density at radius 1 is 0.403 bits per heavy atom. The molecule has 0 aliphatic heterocycles. The van der Waals surface area contributed by atoms with Crippen LogP contribution in [0.2, 0.25) is 5.02 Å². The van der Waals surface area contributed by atoms with E-state index in [-0.39, 0.29) is 15.6 Å². The zero-order chi connectivity index (χ0) is 47.9. The molecule has 8 aromatic rings. The summed E-state index contributed by atoms with van der Waals surface area (Å²) in [6, 6.07) is 69.8. The minimum Gasteiger partial charge on any atom is -0.309 e. The molecule has 10 heteroatoms. The van der Waals surface area contributed by atoms with Gasteiger partial charge in [-0.15, -0.1) is 10.0 Å². The number of rotatable bonds is 12. The summed E-state index contributed by atoms with van der Waals surface area (Å²) in [4.78, 5) is 9.92. The Kier molecular flexibility index (Phi) is 13.4. The van der Waals surface area contributed by atoms with E-state index in [0.717, 1.165) is 39.7 Å². The highest BCUT2D eigenvalue weighted by atomic mass is 35.5. The largest absolute Gasteiger partial charge is 0.309 e. The molecule has 0 spiro atoms. The second-order valence-electron chi connectivity index (χ2n) is 21.1. The number of halogens is 1. The van der Waals surface area contributed by atoms with Crippen molar-refractivity contribution in [3.8, 4) is 0 Å². The lowest BCUT2D eigenvalue weighted by Gasteiger charge is -2.43. The minimum absolute atomic E-state index is 0.00497. The zero-order valence-electron chi connectivity index (χ0n) is 41.6. The summed E-state index contributed by atoms with van der Waals surface area (Å²) >= 11 is 8.05. The number of nitrogens with zero attached hydrogens (tertiary/aromatic N) is 2. The summed E-state index contributed by atoms with van der Waals surface area (Å²) in [5.41, 5.74) is 13.4. The smallest absolute Gasteiger partial charge is 0.0955 e. The Balaban J connectivity index is 1.39. The van der Waals surface area contributed by atoms with Gasteiger partial charge < -0.3 is 9.80 Å². The van der Waals surface area contributed by atoms with Gasteiger partial charge in [0.2, 0.25) is 0 Å². The molecule has 0 unspecified atom stereocenters. The topological polar surface area (TPSA) is 6.48 Å². The predicted octanol–water partition coefficient (Wildman–Crippen LogP) is 10.9. The van der Waals surface area contributed by atoms with Gasteiger partial charge in [-0.25, -0.2) is 0 Å². The molecule has 8 aromatic carbocycles. The second kappa shape index (κ2) is 18.8. The molecule has 67 heavy (non-hydrogen) atoms. The minimum atomic E-state index is -1.92. The first-order valence-electron chi connectivity index (χ1n) is 23.6. The normalized spacial score (nSPS) is 12.4. The van der Waals surface area contributed by atoms with Crippen LogP contribution in [0.25, 0.3) is 0 Å². The average molecular weight is 907 g/mol. The van der Waals surface area contributed by atoms with Crippen LogP contribution in [0, 0.1) is 20.8 Å². The van der Waals surface area contributed by atoms with Crippen molar-refractivity contribution < 1.29 is 0 Å². The molecule has 0 aliphatic carbocycles. The maximum Gasteiger partial charge on any atom is 0.0955 e. The van der Waals surface area contributed by atoms with Crippen LogP contribution in [-0.2, 0) is 15.6 Å². The summed E-state index contributed by atoms with van der Waals surface area (Å²) in [6.07, 6.45) is 0. The number of hydrogen-bond donors (Lipinski definition) is 0. The third kappa shape index (κ3) is 9.61. The lowest BCUT2D eigenvalue weighted by Crippen LogP contribution is -2.27. The van der Waals surface area contributed by atoms with Gasteiger partial charge in [0.15, 0.2) is 0 Å². The van der Waals surface area contributed by atoms with E-state index in [1.165, 1.54) is 47.4 Å². The molecular weight excluding hydrogens is 845 g/mol. The molecule has 2 nitrogen and oxygen atoms in total. The third-order valence-corrected chi connectivity index (χ3v) is 17.2. The lowest BCUT2D eigenvalue weighted by atomic mass is 9.40. The van der Waals surface area contributed by atoms with Crippen LogP contribution in [0.15, 0.2) is 208 Å². The molecule has 0 fully saturated rings. The first-order valence-corrected chi connectivity index (χ1v) is 25.6. The van der Waals surface area contributed by atoms with Gasteiger partial charge in [0.25, 0.3) is 0 Å². The van der Waals surface area contributed by atoms with E-state index in [2.05, 4.69) is 286 Å². The van der Waals surface area contributed by atoms with Crippen molar-refractivity contribution in [2.45, 2.75) is 76.8 Å². The fourth-order valence-electron chi connectivity index (χ4n) is 9.34. The molecule has 0 N–H and O–H groups in total. The molecule has 0 atom stereocenters. The van der Waals surface area contributed by atoms with Gasteiger partial charge in [0.05, 0.1) is 69.2 Å². The summed E-state index contributed by atoms with van der Waals surface area (Å²) in [6.45, 7) is 13.6. The molecule has 0 heterocycles. The molecular formula is C57H61B6ClN2S. The van der Waals surface area contributed by atoms with Gasteiger partial charge in [0.1, 0.15) is 0 Å². The van der Waals surface area contributed by atoms with Crippen molar-refractivity contribution >= 4 is 103 Å². The van der Waals surface area contributed by atoms with E-state index in [4.69, 9.17) is 11.6 Å². The van der Waals surface area contributed by atoms with Crippen LogP contribution in [0.1, 0.15) is 54.2 Å². The summed E-state index contributed by atoms with van der Waals surface area (Å²) in [5, 5.41) is 0.709.